The summed E-state index contributed by atoms with van der Waals surface area (Å²) in [7, 11) is 0. The molecule has 0 saturated carbocycles. The maximum absolute atomic E-state index is 5.67. The Kier molecular flexibility index (Phi) is 22.6. The van der Waals surface area contributed by atoms with Gasteiger partial charge in [0.05, 0.1) is 33.4 Å². The number of hydrogen-bond donors (Lipinski definition) is 0. The summed E-state index contributed by atoms with van der Waals surface area (Å²) in [5.74, 6) is 5.82. The predicted molar refractivity (Wildman–Crippen MR) is 591 cm³/mol. The second kappa shape index (κ2) is 37.4. The van der Waals surface area contributed by atoms with Crippen LogP contribution < -0.4 is 0 Å². The van der Waals surface area contributed by atoms with Crippen molar-refractivity contribution in [1.29, 1.82) is 0 Å². The molecular formula is C130H90N16. The Morgan fingerprint density at radius 1 is 0.151 bits per heavy atom. The lowest BCUT2D eigenvalue weighted by Gasteiger charge is -2.18. The van der Waals surface area contributed by atoms with Gasteiger partial charge in [0.2, 0.25) is 0 Å². The van der Waals surface area contributed by atoms with Gasteiger partial charge in [-0.3, -0.25) is 9.97 Å². The van der Waals surface area contributed by atoms with E-state index in [1.807, 2.05) is 219 Å². The van der Waals surface area contributed by atoms with Crippen LogP contribution in [-0.4, -0.2) is 78.9 Å². The van der Waals surface area contributed by atoms with Crippen LogP contribution in [0, 0.1) is 41.5 Å². The number of fused-ring (bicyclic) bond motifs is 6. The minimum atomic E-state index is 0.421. The molecule has 8 aromatic heterocycles. The van der Waals surface area contributed by atoms with Crippen molar-refractivity contribution in [1.82, 2.24) is 78.9 Å². The van der Waals surface area contributed by atoms with E-state index >= 15 is 0 Å². The molecule has 8 heterocycles. The van der Waals surface area contributed by atoms with Crippen LogP contribution in [0.4, 0.5) is 0 Å². The average molecular weight is 1880 g/mol. The molecule has 690 valence electrons. The van der Waals surface area contributed by atoms with Gasteiger partial charge >= 0.3 is 0 Å². The topological polar surface area (TPSA) is 190 Å². The SMILES string of the molecule is Cc1cc(C)cc(-c2ccc3c(c2)c2ccccc2n3-c2ccc(-c3nc(-c4ccccc4)nc(-c4ccccc4-c4cccc(-c5nc(-c6ccccc6)nc(-c6ccncc6-c6cc(-c7nc(-c8ccccc8)nc(-c8ccccc8)n7)ccc6-n6c7ccc(-c8ccc(C)cc8C)cc7c7cc(-c8ccc(C)cc8C)ccc76)n5)c4)n3)cc2-c2cnccc2-c2nc(-c3ccccc3)nc(-c3ccccc3)n2)c1. The summed E-state index contributed by atoms with van der Waals surface area (Å²) in [6, 6.07) is 144. The van der Waals surface area contributed by atoms with Crippen molar-refractivity contribution in [3.05, 3.63) is 471 Å². The van der Waals surface area contributed by atoms with Crippen molar-refractivity contribution in [2.24, 2.45) is 0 Å². The van der Waals surface area contributed by atoms with Gasteiger partial charge in [0, 0.05) is 135 Å². The van der Waals surface area contributed by atoms with Gasteiger partial charge in [0.15, 0.2) is 69.9 Å². The monoisotopic (exact) mass is 1870 g/mol. The van der Waals surface area contributed by atoms with Gasteiger partial charge in [-0.1, -0.05) is 338 Å². The lowest BCUT2D eigenvalue weighted by molar-refractivity contribution is 1.07. The van der Waals surface area contributed by atoms with Crippen LogP contribution >= 0.6 is 0 Å². The quantitative estimate of drug-likeness (QED) is 0.0700. The number of nitrogens with zero attached hydrogens (tertiary/aromatic N) is 16. The molecule has 0 aliphatic carbocycles. The Morgan fingerprint density at radius 2 is 0.445 bits per heavy atom. The van der Waals surface area contributed by atoms with Crippen LogP contribution in [0.25, 0.3) is 258 Å². The number of benzene rings is 17. The molecule has 0 bridgehead atoms. The molecule has 0 spiro atoms. The van der Waals surface area contributed by atoms with Gasteiger partial charge < -0.3 is 9.13 Å². The molecule has 0 aliphatic rings. The van der Waals surface area contributed by atoms with Crippen LogP contribution in [0.2, 0.25) is 0 Å². The highest BCUT2D eigenvalue weighted by molar-refractivity contribution is 6.14. The summed E-state index contributed by atoms with van der Waals surface area (Å²) in [5, 5.41) is 4.40. The van der Waals surface area contributed by atoms with Crippen molar-refractivity contribution in [2.45, 2.75) is 41.5 Å². The fraction of sp³-hybridized carbons (Fsp3) is 0.0462. The number of aromatic nitrogens is 16. The van der Waals surface area contributed by atoms with E-state index in [1.165, 1.54) is 44.5 Å². The molecular weight excluding hydrogens is 1790 g/mol. The molecule has 25 rings (SSSR count). The number of hydrogen-bond acceptors (Lipinski definition) is 14. The lowest BCUT2D eigenvalue weighted by atomic mass is 9.95. The molecule has 146 heavy (non-hydrogen) atoms. The molecule has 16 nitrogen and oxygen atoms in total. The van der Waals surface area contributed by atoms with Crippen molar-refractivity contribution >= 4 is 43.6 Å². The maximum Gasteiger partial charge on any atom is 0.164 e. The molecule has 0 saturated heterocycles. The summed E-state index contributed by atoms with van der Waals surface area (Å²) in [4.78, 5) is 75.2. The van der Waals surface area contributed by atoms with Crippen LogP contribution in [0.5, 0.6) is 0 Å². The zero-order valence-corrected chi connectivity index (χ0v) is 80.7. The number of pyridine rings is 2. The van der Waals surface area contributed by atoms with Gasteiger partial charge in [-0.05, 0) is 194 Å². The van der Waals surface area contributed by atoms with E-state index in [9.17, 15) is 0 Å². The van der Waals surface area contributed by atoms with E-state index in [1.54, 1.807) is 6.20 Å². The van der Waals surface area contributed by atoms with Gasteiger partial charge in [0.1, 0.15) is 0 Å². The highest BCUT2D eigenvalue weighted by Gasteiger charge is 2.29. The zero-order valence-electron chi connectivity index (χ0n) is 80.7. The third-order valence-corrected chi connectivity index (χ3v) is 27.4. The second-order valence-electron chi connectivity index (χ2n) is 37.3. The average Bonchev–Trinajstić information content (AvgIpc) is 1.57. The summed E-state index contributed by atoms with van der Waals surface area (Å²) < 4.78 is 4.77. The molecule has 17 aromatic carbocycles. The van der Waals surface area contributed by atoms with Crippen molar-refractivity contribution < 1.29 is 0 Å². The molecule has 0 fully saturated rings. The molecule has 0 unspecified atom stereocenters. The third kappa shape index (κ3) is 16.7. The Labute approximate surface area is 843 Å². The fourth-order valence-corrected chi connectivity index (χ4v) is 20.5. The predicted octanol–water partition coefficient (Wildman–Crippen LogP) is 31.3. The second-order valence-corrected chi connectivity index (χ2v) is 37.3. The third-order valence-electron chi connectivity index (χ3n) is 27.4. The first kappa shape index (κ1) is 88.1. The number of aryl methyl sites for hydroxylation is 6. The van der Waals surface area contributed by atoms with Crippen molar-refractivity contribution in [3.63, 3.8) is 0 Å². The Bertz CT molecular complexity index is 9190. The van der Waals surface area contributed by atoms with E-state index in [0.717, 1.165) is 172 Å². The molecule has 0 N–H and O–H groups in total. The molecule has 16 heteroatoms. The molecule has 0 radical (unpaired) electrons. The Hall–Kier alpha value is -19.3. The Balaban J connectivity index is 0.657. The van der Waals surface area contributed by atoms with E-state index in [4.69, 9.17) is 69.8 Å². The van der Waals surface area contributed by atoms with Crippen LogP contribution in [0.3, 0.4) is 0 Å². The van der Waals surface area contributed by atoms with Crippen LogP contribution in [0.15, 0.2) is 437 Å². The highest BCUT2D eigenvalue weighted by atomic mass is 15.1. The summed E-state index contributed by atoms with van der Waals surface area (Å²) >= 11 is 0. The number of rotatable bonds is 20. The Morgan fingerprint density at radius 3 is 0.842 bits per heavy atom. The smallest absolute Gasteiger partial charge is 0.164 e. The van der Waals surface area contributed by atoms with E-state index in [-0.39, 0.29) is 0 Å². The first-order valence-electron chi connectivity index (χ1n) is 48.9. The molecule has 0 aliphatic heterocycles. The fourth-order valence-electron chi connectivity index (χ4n) is 20.5. The summed E-state index contributed by atoms with van der Waals surface area (Å²) in [6.45, 7) is 13.0. The standard InChI is InChI=1S/C130H90N16/c1-79-48-55-99(83(5)67-79)93-51-58-115-107(73-93)108-74-94(100-56-49-80(2)68-84(100)6)52-59-116(108)146(115)118-61-53-96(126-135-119(85-30-13-7-14-31-85)133-120(136-126)86-32-15-8-16-33-86)75-110(118)112-78-132-65-63-105(112)130-142-123(89-38-21-11-22-39-89)137-125(143-130)95-43-29-42-92(71-95)101-44-25-26-46-103(101)128-139-124(90-40-23-12-24-41-90)138-127(144-128)97-54-60-117(145-113-47-28-27-45-102(113)106-72-91(50-57-114(106)145)98-69-81(3)66-82(4)70-98)109(76-97)111-77-131-64-62-104(111)129-140-121(87-34-17-9-18-35-87)134-122(141-129)88-36-19-10-20-37-88/h7-78H,1-6H3. The first-order chi connectivity index (χ1) is 71.8. The van der Waals surface area contributed by atoms with Crippen molar-refractivity contribution in [3.8, 4) is 215 Å². The minimum Gasteiger partial charge on any atom is -0.309 e. The van der Waals surface area contributed by atoms with Crippen LogP contribution in [-0.2, 0) is 0 Å². The largest absolute Gasteiger partial charge is 0.309 e. The molecule has 0 atom stereocenters. The van der Waals surface area contributed by atoms with Crippen LogP contribution in [0.1, 0.15) is 33.4 Å². The zero-order chi connectivity index (χ0) is 98.0. The van der Waals surface area contributed by atoms with E-state index in [0.29, 0.717) is 75.5 Å². The summed E-state index contributed by atoms with van der Waals surface area (Å²) in [5.41, 5.74) is 34.3. The van der Waals surface area contributed by atoms with E-state index in [2.05, 4.69) is 263 Å². The van der Waals surface area contributed by atoms with Gasteiger partial charge in [-0.2, -0.15) is 0 Å². The van der Waals surface area contributed by atoms with Gasteiger partial charge in [-0.15, -0.1) is 0 Å². The minimum absolute atomic E-state index is 0.421. The van der Waals surface area contributed by atoms with E-state index < -0.39 is 0 Å². The maximum atomic E-state index is 5.67. The normalized spacial score (nSPS) is 11.5. The highest BCUT2D eigenvalue weighted by Crippen LogP contribution is 2.48. The van der Waals surface area contributed by atoms with Gasteiger partial charge in [-0.25, -0.2) is 59.8 Å². The van der Waals surface area contributed by atoms with Gasteiger partial charge in [0.25, 0.3) is 0 Å². The molecule has 25 aromatic rings. The summed E-state index contributed by atoms with van der Waals surface area (Å²) in [6.07, 6.45) is 7.48. The first-order valence-corrected chi connectivity index (χ1v) is 48.9. The van der Waals surface area contributed by atoms with Crippen molar-refractivity contribution in [2.75, 3.05) is 0 Å². The number of para-hydroxylation sites is 1. The lowest BCUT2D eigenvalue weighted by Crippen LogP contribution is -2.04. The molecule has 0 amide bonds.